The standard InChI is InChI=1S/C14H18F3NO2/c1-10(2)18(8-7-13(19)20)9-11-3-5-12(6-4-11)14(15,16)17/h3-6,10H,7-9H2,1-2H3,(H,19,20). The van der Waals surface area contributed by atoms with Crippen molar-refractivity contribution in [2.24, 2.45) is 0 Å². The van der Waals surface area contributed by atoms with Crippen LogP contribution in [0.15, 0.2) is 24.3 Å². The van der Waals surface area contributed by atoms with Crippen LogP contribution < -0.4 is 0 Å². The second-order valence-corrected chi connectivity index (χ2v) is 4.90. The highest BCUT2D eigenvalue weighted by Gasteiger charge is 2.30. The number of carboxylic acid groups (broad SMARTS) is 1. The van der Waals surface area contributed by atoms with Crippen molar-refractivity contribution in [3.05, 3.63) is 35.4 Å². The topological polar surface area (TPSA) is 40.5 Å². The molecule has 0 unspecified atom stereocenters. The average molecular weight is 289 g/mol. The van der Waals surface area contributed by atoms with E-state index in [4.69, 9.17) is 5.11 Å². The summed E-state index contributed by atoms with van der Waals surface area (Å²) < 4.78 is 37.3. The molecule has 0 saturated carbocycles. The molecule has 0 aliphatic carbocycles. The van der Waals surface area contributed by atoms with Gasteiger partial charge in [-0.25, -0.2) is 0 Å². The van der Waals surface area contributed by atoms with Gasteiger partial charge < -0.3 is 5.11 Å². The highest BCUT2D eigenvalue weighted by molar-refractivity contribution is 5.66. The minimum absolute atomic E-state index is 0.0127. The molecule has 20 heavy (non-hydrogen) atoms. The van der Waals surface area contributed by atoms with Crippen LogP contribution in [0, 0.1) is 0 Å². The molecule has 1 aromatic carbocycles. The first-order valence-corrected chi connectivity index (χ1v) is 6.32. The number of hydrogen-bond acceptors (Lipinski definition) is 2. The minimum Gasteiger partial charge on any atom is -0.481 e. The number of alkyl halides is 3. The zero-order valence-corrected chi connectivity index (χ0v) is 11.4. The van der Waals surface area contributed by atoms with E-state index >= 15 is 0 Å². The van der Waals surface area contributed by atoms with E-state index in [1.54, 1.807) is 0 Å². The Bertz CT molecular complexity index is 441. The number of hydrogen-bond donors (Lipinski definition) is 1. The highest BCUT2D eigenvalue weighted by atomic mass is 19.4. The van der Waals surface area contributed by atoms with Crippen LogP contribution in [0.1, 0.15) is 31.4 Å². The van der Waals surface area contributed by atoms with Crippen molar-refractivity contribution in [2.45, 2.75) is 39.0 Å². The van der Waals surface area contributed by atoms with E-state index in [0.717, 1.165) is 17.7 Å². The summed E-state index contributed by atoms with van der Waals surface area (Å²) in [6.45, 7) is 4.65. The molecule has 0 heterocycles. The third kappa shape index (κ3) is 5.21. The monoisotopic (exact) mass is 289 g/mol. The third-order valence-electron chi connectivity index (χ3n) is 3.01. The van der Waals surface area contributed by atoms with Gasteiger partial charge >= 0.3 is 12.1 Å². The van der Waals surface area contributed by atoms with E-state index in [1.165, 1.54) is 12.1 Å². The molecular formula is C14H18F3NO2. The van der Waals surface area contributed by atoms with E-state index in [1.807, 2.05) is 18.7 Å². The third-order valence-corrected chi connectivity index (χ3v) is 3.01. The van der Waals surface area contributed by atoms with Crippen molar-refractivity contribution in [3.63, 3.8) is 0 Å². The zero-order chi connectivity index (χ0) is 15.3. The molecule has 1 N–H and O–H groups in total. The Morgan fingerprint density at radius 3 is 2.20 bits per heavy atom. The molecule has 0 radical (unpaired) electrons. The molecule has 112 valence electrons. The first kappa shape index (κ1) is 16.5. The largest absolute Gasteiger partial charge is 0.481 e. The lowest BCUT2D eigenvalue weighted by atomic mass is 10.1. The van der Waals surface area contributed by atoms with Crippen molar-refractivity contribution in [1.29, 1.82) is 0 Å². The average Bonchev–Trinajstić information content (AvgIpc) is 2.33. The summed E-state index contributed by atoms with van der Waals surface area (Å²) in [5.41, 5.74) is 0.0555. The number of aliphatic carboxylic acids is 1. The van der Waals surface area contributed by atoms with Crippen molar-refractivity contribution in [2.75, 3.05) is 6.54 Å². The summed E-state index contributed by atoms with van der Waals surface area (Å²) in [5.74, 6) is -0.886. The van der Waals surface area contributed by atoms with Gasteiger partial charge in [0.05, 0.1) is 12.0 Å². The fourth-order valence-electron chi connectivity index (χ4n) is 1.79. The molecule has 1 aromatic rings. The molecule has 0 aliphatic heterocycles. The molecule has 6 heteroatoms. The Labute approximate surface area is 116 Å². The van der Waals surface area contributed by atoms with Crippen molar-refractivity contribution in [3.8, 4) is 0 Å². The molecule has 0 amide bonds. The Balaban J connectivity index is 2.71. The first-order chi connectivity index (χ1) is 9.20. The zero-order valence-electron chi connectivity index (χ0n) is 11.4. The summed E-state index contributed by atoms with van der Waals surface area (Å²) in [5, 5.41) is 8.68. The van der Waals surface area contributed by atoms with E-state index < -0.39 is 17.7 Å². The number of carboxylic acids is 1. The van der Waals surface area contributed by atoms with Crippen LogP contribution in [-0.2, 0) is 17.5 Å². The predicted octanol–water partition coefficient (Wildman–Crippen LogP) is 3.39. The lowest BCUT2D eigenvalue weighted by Crippen LogP contribution is -2.32. The second kappa shape index (κ2) is 6.74. The van der Waals surface area contributed by atoms with Gasteiger partial charge in [0.25, 0.3) is 0 Å². The molecule has 0 fully saturated rings. The molecule has 0 spiro atoms. The Kier molecular flexibility index (Phi) is 5.56. The van der Waals surface area contributed by atoms with Crippen molar-refractivity contribution < 1.29 is 23.1 Å². The van der Waals surface area contributed by atoms with Crippen LogP contribution in [0.3, 0.4) is 0 Å². The van der Waals surface area contributed by atoms with E-state index in [-0.39, 0.29) is 12.5 Å². The number of halogens is 3. The molecule has 3 nitrogen and oxygen atoms in total. The van der Waals surface area contributed by atoms with Gasteiger partial charge in [-0.15, -0.1) is 0 Å². The van der Waals surface area contributed by atoms with E-state index in [2.05, 4.69) is 0 Å². The maximum absolute atomic E-state index is 12.4. The lowest BCUT2D eigenvalue weighted by Gasteiger charge is -2.26. The van der Waals surface area contributed by atoms with Crippen LogP contribution in [0.5, 0.6) is 0 Å². The van der Waals surface area contributed by atoms with Gasteiger partial charge in [0.15, 0.2) is 0 Å². The van der Waals surface area contributed by atoms with Gasteiger partial charge in [-0.2, -0.15) is 13.2 Å². The van der Waals surface area contributed by atoms with Crippen LogP contribution in [0.2, 0.25) is 0 Å². The first-order valence-electron chi connectivity index (χ1n) is 6.32. The Hall–Kier alpha value is -1.56. The van der Waals surface area contributed by atoms with Crippen molar-refractivity contribution >= 4 is 5.97 Å². The molecule has 0 bridgehead atoms. The van der Waals surface area contributed by atoms with E-state index in [9.17, 15) is 18.0 Å². The summed E-state index contributed by atoms with van der Waals surface area (Å²) in [6, 6.07) is 5.07. The van der Waals surface area contributed by atoms with Crippen molar-refractivity contribution in [1.82, 2.24) is 4.90 Å². The summed E-state index contributed by atoms with van der Waals surface area (Å²) >= 11 is 0. The Morgan fingerprint density at radius 1 is 1.25 bits per heavy atom. The SMILES string of the molecule is CC(C)N(CCC(=O)O)Cc1ccc(C(F)(F)F)cc1. The van der Waals surface area contributed by atoms with Gasteiger partial charge in [-0.05, 0) is 31.5 Å². The van der Waals surface area contributed by atoms with Crippen LogP contribution in [0.4, 0.5) is 13.2 Å². The van der Waals surface area contributed by atoms with Gasteiger partial charge in [0.2, 0.25) is 0 Å². The minimum atomic E-state index is -4.33. The maximum atomic E-state index is 12.4. The number of carbonyl (C=O) groups is 1. The molecule has 0 saturated heterocycles. The fourth-order valence-corrected chi connectivity index (χ4v) is 1.79. The molecule has 1 rings (SSSR count). The van der Waals surface area contributed by atoms with Crippen LogP contribution in [0.25, 0.3) is 0 Å². The quantitative estimate of drug-likeness (QED) is 0.872. The van der Waals surface area contributed by atoms with Gasteiger partial charge in [0, 0.05) is 19.1 Å². The Morgan fingerprint density at radius 2 is 1.80 bits per heavy atom. The second-order valence-electron chi connectivity index (χ2n) is 4.90. The number of nitrogens with zero attached hydrogens (tertiary/aromatic N) is 1. The number of benzene rings is 1. The molecule has 0 aromatic heterocycles. The van der Waals surface area contributed by atoms with Gasteiger partial charge in [-0.3, -0.25) is 9.69 Å². The highest BCUT2D eigenvalue weighted by Crippen LogP contribution is 2.29. The van der Waals surface area contributed by atoms with Gasteiger partial charge in [-0.1, -0.05) is 12.1 Å². The van der Waals surface area contributed by atoms with Crippen LogP contribution in [-0.4, -0.2) is 28.6 Å². The molecule has 0 atom stereocenters. The summed E-state index contributed by atoms with van der Waals surface area (Å²) in [4.78, 5) is 12.5. The normalized spacial score (nSPS) is 12.2. The summed E-state index contributed by atoms with van der Waals surface area (Å²) in [7, 11) is 0. The van der Waals surface area contributed by atoms with Crippen LogP contribution >= 0.6 is 0 Å². The van der Waals surface area contributed by atoms with E-state index in [0.29, 0.717) is 13.1 Å². The molecular weight excluding hydrogens is 271 g/mol. The maximum Gasteiger partial charge on any atom is 0.416 e. The fraction of sp³-hybridized carbons (Fsp3) is 0.500. The lowest BCUT2D eigenvalue weighted by molar-refractivity contribution is -0.138. The number of rotatable bonds is 6. The molecule has 0 aliphatic rings. The predicted molar refractivity (Wildman–Crippen MR) is 69.2 cm³/mol. The van der Waals surface area contributed by atoms with Gasteiger partial charge in [0.1, 0.15) is 0 Å². The summed E-state index contributed by atoms with van der Waals surface area (Å²) in [6.07, 6.45) is -4.32. The smallest absolute Gasteiger partial charge is 0.416 e.